The van der Waals surface area contributed by atoms with Gasteiger partial charge in [0.25, 0.3) is 0 Å². The van der Waals surface area contributed by atoms with Crippen molar-refractivity contribution >= 4 is 11.8 Å². The first-order valence-corrected chi connectivity index (χ1v) is 8.55. The van der Waals surface area contributed by atoms with Crippen LogP contribution in [0.3, 0.4) is 0 Å². The van der Waals surface area contributed by atoms with Gasteiger partial charge in [-0.25, -0.2) is 9.98 Å². The molecule has 0 radical (unpaired) electrons. The van der Waals surface area contributed by atoms with Crippen LogP contribution in [-0.2, 0) is 6.54 Å². The second-order valence-electron chi connectivity index (χ2n) is 5.65. The monoisotopic (exact) mass is 303 g/mol. The SMILES string of the molecule is CCNC(=NCc1ccnc(N2CCCCCC2)c1)NCC. The van der Waals surface area contributed by atoms with Crippen LogP contribution >= 0.6 is 0 Å². The number of aliphatic imine (C=N–C) groups is 1. The molecule has 1 aliphatic heterocycles. The fraction of sp³-hybridized carbons (Fsp3) is 0.647. The van der Waals surface area contributed by atoms with Crippen LogP contribution in [0.25, 0.3) is 0 Å². The fourth-order valence-corrected chi connectivity index (χ4v) is 2.71. The van der Waals surface area contributed by atoms with Crippen molar-refractivity contribution in [3.63, 3.8) is 0 Å². The maximum absolute atomic E-state index is 4.63. The number of guanidine groups is 1. The molecule has 0 unspecified atom stereocenters. The average molecular weight is 303 g/mol. The minimum Gasteiger partial charge on any atom is -0.357 e. The van der Waals surface area contributed by atoms with E-state index in [2.05, 4.69) is 51.5 Å². The van der Waals surface area contributed by atoms with E-state index >= 15 is 0 Å². The van der Waals surface area contributed by atoms with Crippen molar-refractivity contribution in [3.8, 4) is 0 Å². The topological polar surface area (TPSA) is 52.6 Å². The summed E-state index contributed by atoms with van der Waals surface area (Å²) < 4.78 is 0. The van der Waals surface area contributed by atoms with E-state index in [0.717, 1.165) is 38.0 Å². The molecule has 1 aromatic rings. The van der Waals surface area contributed by atoms with Gasteiger partial charge in [-0.3, -0.25) is 0 Å². The normalized spacial score (nSPS) is 15.1. The summed E-state index contributed by atoms with van der Waals surface area (Å²) in [5.74, 6) is 1.97. The molecule has 2 rings (SSSR count). The summed E-state index contributed by atoms with van der Waals surface area (Å²) in [5, 5.41) is 6.51. The van der Waals surface area contributed by atoms with Gasteiger partial charge in [0.2, 0.25) is 0 Å². The van der Waals surface area contributed by atoms with E-state index in [0.29, 0.717) is 6.54 Å². The summed E-state index contributed by atoms with van der Waals surface area (Å²) >= 11 is 0. The molecule has 0 atom stereocenters. The van der Waals surface area contributed by atoms with Crippen LogP contribution in [-0.4, -0.2) is 37.1 Å². The molecule has 1 fully saturated rings. The molecular formula is C17H29N5. The van der Waals surface area contributed by atoms with Crippen molar-refractivity contribution in [2.45, 2.75) is 46.1 Å². The molecule has 1 saturated heterocycles. The minimum atomic E-state index is 0.679. The zero-order chi connectivity index (χ0) is 15.6. The van der Waals surface area contributed by atoms with E-state index in [-0.39, 0.29) is 0 Å². The van der Waals surface area contributed by atoms with Crippen molar-refractivity contribution in [2.24, 2.45) is 4.99 Å². The highest BCUT2D eigenvalue weighted by Gasteiger charge is 2.11. The highest BCUT2D eigenvalue weighted by Crippen LogP contribution is 2.18. The second-order valence-corrected chi connectivity index (χ2v) is 5.65. The molecule has 22 heavy (non-hydrogen) atoms. The minimum absolute atomic E-state index is 0.679. The van der Waals surface area contributed by atoms with Crippen molar-refractivity contribution in [1.82, 2.24) is 15.6 Å². The van der Waals surface area contributed by atoms with Crippen molar-refractivity contribution < 1.29 is 0 Å². The first-order valence-electron chi connectivity index (χ1n) is 8.55. The quantitative estimate of drug-likeness (QED) is 0.648. The third kappa shape index (κ3) is 5.20. The Bertz CT molecular complexity index is 456. The lowest BCUT2D eigenvalue weighted by molar-refractivity contribution is 0.726. The lowest BCUT2D eigenvalue weighted by Gasteiger charge is -2.21. The van der Waals surface area contributed by atoms with E-state index in [9.17, 15) is 0 Å². The van der Waals surface area contributed by atoms with Crippen LogP contribution in [0, 0.1) is 0 Å². The summed E-state index contributed by atoms with van der Waals surface area (Å²) in [6, 6.07) is 4.24. The zero-order valence-electron chi connectivity index (χ0n) is 13.9. The molecule has 0 spiro atoms. The molecule has 2 N–H and O–H groups in total. The Labute approximate surface area is 134 Å². The molecule has 0 aliphatic carbocycles. The van der Waals surface area contributed by atoms with Crippen molar-refractivity contribution in [3.05, 3.63) is 23.9 Å². The number of nitrogens with zero attached hydrogens (tertiary/aromatic N) is 3. The number of pyridine rings is 1. The molecule has 1 aromatic heterocycles. The van der Waals surface area contributed by atoms with E-state index in [1.807, 2.05) is 6.20 Å². The Balaban J connectivity index is 2.02. The number of nitrogens with one attached hydrogen (secondary N) is 2. The second kappa shape index (κ2) is 9.28. The standard InChI is InChI=1S/C17H29N5/c1-3-18-17(19-4-2)21-14-15-9-10-20-16(13-15)22-11-7-5-6-8-12-22/h9-10,13H,3-8,11-12,14H2,1-2H3,(H2,18,19,21). The van der Waals surface area contributed by atoms with Crippen molar-refractivity contribution in [1.29, 1.82) is 0 Å². The van der Waals surface area contributed by atoms with Gasteiger partial charge in [-0.15, -0.1) is 0 Å². The average Bonchev–Trinajstić information content (AvgIpc) is 2.83. The van der Waals surface area contributed by atoms with E-state index in [1.165, 1.54) is 31.2 Å². The highest BCUT2D eigenvalue weighted by molar-refractivity contribution is 5.79. The zero-order valence-corrected chi connectivity index (χ0v) is 13.9. The van der Waals surface area contributed by atoms with Gasteiger partial charge >= 0.3 is 0 Å². The largest absolute Gasteiger partial charge is 0.357 e. The number of anilines is 1. The van der Waals surface area contributed by atoms with E-state index in [1.54, 1.807) is 0 Å². The third-order valence-corrected chi connectivity index (χ3v) is 3.85. The van der Waals surface area contributed by atoms with Gasteiger partial charge < -0.3 is 15.5 Å². The van der Waals surface area contributed by atoms with Gasteiger partial charge in [-0.05, 0) is 44.4 Å². The van der Waals surface area contributed by atoms with E-state index in [4.69, 9.17) is 0 Å². The van der Waals surface area contributed by atoms with Gasteiger partial charge in [0.1, 0.15) is 5.82 Å². The summed E-state index contributed by atoms with van der Waals surface area (Å²) in [6.07, 6.45) is 7.14. The van der Waals surface area contributed by atoms with Gasteiger partial charge in [0.05, 0.1) is 6.54 Å². The summed E-state index contributed by atoms with van der Waals surface area (Å²) in [4.78, 5) is 11.6. The van der Waals surface area contributed by atoms with Crippen LogP contribution in [0.2, 0.25) is 0 Å². The summed E-state index contributed by atoms with van der Waals surface area (Å²) in [5.41, 5.74) is 1.21. The highest BCUT2D eigenvalue weighted by atomic mass is 15.2. The van der Waals surface area contributed by atoms with Crippen LogP contribution < -0.4 is 15.5 Å². The van der Waals surface area contributed by atoms with Gasteiger partial charge in [-0.1, -0.05) is 12.8 Å². The first-order chi connectivity index (χ1) is 10.8. The van der Waals surface area contributed by atoms with Crippen LogP contribution in [0.1, 0.15) is 45.1 Å². The Morgan fingerprint density at radius 2 is 1.82 bits per heavy atom. The third-order valence-electron chi connectivity index (χ3n) is 3.85. The number of hydrogen-bond donors (Lipinski definition) is 2. The van der Waals surface area contributed by atoms with Gasteiger partial charge in [0.15, 0.2) is 5.96 Å². The Hall–Kier alpha value is -1.78. The maximum atomic E-state index is 4.63. The Morgan fingerprint density at radius 1 is 1.14 bits per heavy atom. The lowest BCUT2D eigenvalue weighted by Crippen LogP contribution is -2.36. The van der Waals surface area contributed by atoms with Crippen LogP contribution in [0.4, 0.5) is 5.82 Å². The molecule has 0 amide bonds. The summed E-state index contributed by atoms with van der Waals surface area (Å²) in [7, 11) is 0. The molecule has 2 heterocycles. The van der Waals surface area contributed by atoms with Crippen molar-refractivity contribution in [2.75, 3.05) is 31.1 Å². The molecular weight excluding hydrogens is 274 g/mol. The predicted octanol–water partition coefficient (Wildman–Crippen LogP) is 2.54. The molecule has 5 heteroatoms. The molecule has 122 valence electrons. The molecule has 0 saturated carbocycles. The number of aromatic nitrogens is 1. The first kappa shape index (κ1) is 16.6. The maximum Gasteiger partial charge on any atom is 0.191 e. The van der Waals surface area contributed by atoms with Gasteiger partial charge in [-0.2, -0.15) is 0 Å². The Kier molecular flexibility index (Phi) is 7.00. The number of hydrogen-bond acceptors (Lipinski definition) is 3. The number of rotatable bonds is 5. The lowest BCUT2D eigenvalue weighted by atomic mass is 10.2. The van der Waals surface area contributed by atoms with E-state index < -0.39 is 0 Å². The molecule has 1 aliphatic rings. The summed E-state index contributed by atoms with van der Waals surface area (Å²) in [6.45, 7) is 8.84. The van der Waals surface area contributed by atoms with Gasteiger partial charge in [0, 0.05) is 32.4 Å². The molecule has 0 bridgehead atoms. The Morgan fingerprint density at radius 3 is 2.45 bits per heavy atom. The molecule has 5 nitrogen and oxygen atoms in total. The van der Waals surface area contributed by atoms with Crippen LogP contribution in [0.5, 0.6) is 0 Å². The fourth-order valence-electron chi connectivity index (χ4n) is 2.71. The smallest absolute Gasteiger partial charge is 0.191 e. The predicted molar refractivity (Wildman–Crippen MR) is 93.4 cm³/mol. The van der Waals surface area contributed by atoms with Crippen LogP contribution in [0.15, 0.2) is 23.3 Å². The molecule has 0 aromatic carbocycles.